The highest BCUT2D eigenvalue weighted by molar-refractivity contribution is 6.04. The van der Waals surface area contributed by atoms with Gasteiger partial charge in [-0.1, -0.05) is 18.2 Å². The number of fused-ring (bicyclic) bond motifs is 1. The molecule has 0 saturated carbocycles. The van der Waals surface area contributed by atoms with Crippen LogP contribution in [0.1, 0.15) is 22.4 Å². The summed E-state index contributed by atoms with van der Waals surface area (Å²) in [5.41, 5.74) is 0.0154. The second-order valence-corrected chi connectivity index (χ2v) is 6.20. The molecule has 1 aromatic carbocycles. The van der Waals surface area contributed by atoms with Crippen molar-refractivity contribution in [3.05, 3.63) is 46.1 Å². The molecule has 0 spiro atoms. The van der Waals surface area contributed by atoms with Gasteiger partial charge >= 0.3 is 0 Å². The predicted molar refractivity (Wildman–Crippen MR) is 99.1 cm³/mol. The highest BCUT2D eigenvalue weighted by atomic mass is 16.5. The topological polar surface area (TPSA) is 145 Å². The first-order valence-corrected chi connectivity index (χ1v) is 8.65. The molecule has 1 aliphatic heterocycles. The number of tetrazole rings is 1. The van der Waals surface area contributed by atoms with E-state index in [9.17, 15) is 9.59 Å². The van der Waals surface area contributed by atoms with Crippen LogP contribution in [0.25, 0.3) is 10.8 Å². The van der Waals surface area contributed by atoms with Crippen molar-refractivity contribution in [1.29, 1.82) is 0 Å². The molecular weight excluding hydrogens is 382 g/mol. The van der Waals surface area contributed by atoms with Gasteiger partial charge in [0.2, 0.25) is 0 Å². The Morgan fingerprint density at radius 1 is 1.24 bits per heavy atom. The predicted octanol–water partition coefficient (Wildman–Crippen LogP) is -0.628. The second-order valence-electron chi connectivity index (χ2n) is 6.20. The molecule has 152 valence electrons. The van der Waals surface area contributed by atoms with Gasteiger partial charge in [0.15, 0.2) is 11.5 Å². The van der Waals surface area contributed by atoms with Crippen molar-refractivity contribution < 1.29 is 19.4 Å². The lowest BCUT2D eigenvalue weighted by atomic mass is 10.1. The fourth-order valence-corrected chi connectivity index (χ4v) is 3.11. The third-order valence-electron chi connectivity index (χ3n) is 4.45. The first-order valence-electron chi connectivity index (χ1n) is 8.65. The normalized spacial score (nSPS) is 16.2. The molecule has 1 saturated heterocycles. The van der Waals surface area contributed by atoms with E-state index in [1.54, 1.807) is 43.3 Å². The van der Waals surface area contributed by atoms with Crippen LogP contribution in [0, 0.1) is 0 Å². The van der Waals surface area contributed by atoms with Crippen molar-refractivity contribution in [2.45, 2.75) is 6.10 Å². The van der Waals surface area contributed by atoms with Gasteiger partial charge in [0, 0.05) is 26.0 Å². The van der Waals surface area contributed by atoms with E-state index in [1.165, 1.54) is 9.36 Å². The van der Waals surface area contributed by atoms with E-state index in [4.69, 9.17) is 14.6 Å². The summed E-state index contributed by atoms with van der Waals surface area (Å²) in [6.07, 6.45) is -0.411. The first kappa shape index (κ1) is 20.1. The van der Waals surface area contributed by atoms with E-state index in [1.807, 2.05) is 0 Å². The number of hydrogen-bond acceptors (Lipinski definition) is 8. The molecule has 0 radical (unpaired) electrons. The number of carbonyl (C=O) groups is 2. The van der Waals surface area contributed by atoms with Gasteiger partial charge in [-0.25, -0.2) is 9.36 Å². The lowest BCUT2D eigenvalue weighted by molar-refractivity contribution is -0.122. The van der Waals surface area contributed by atoms with E-state index >= 15 is 0 Å². The van der Waals surface area contributed by atoms with E-state index in [0.717, 1.165) is 0 Å². The lowest BCUT2D eigenvalue weighted by Gasteiger charge is -2.32. The average molecular weight is 401 g/mol. The van der Waals surface area contributed by atoms with Crippen LogP contribution in [0.5, 0.6) is 0 Å². The molecule has 2 aromatic heterocycles. The Balaban J connectivity index is 0.000000755. The fourth-order valence-electron chi connectivity index (χ4n) is 3.11. The van der Waals surface area contributed by atoms with Gasteiger partial charge in [0.05, 0.1) is 18.5 Å². The zero-order valence-electron chi connectivity index (χ0n) is 15.8. The van der Waals surface area contributed by atoms with E-state index in [0.29, 0.717) is 36.3 Å². The van der Waals surface area contributed by atoms with Crippen LogP contribution in [0.15, 0.2) is 29.1 Å². The van der Waals surface area contributed by atoms with Crippen LogP contribution in [0.2, 0.25) is 0 Å². The molecule has 4 rings (SSSR count). The molecule has 0 aliphatic carbocycles. The SMILES string of the molecule is Cn1nnnc1C1CN(C(=O)c2nn(C)c(=O)c3ccccc23)CCO1.O=CO. The maximum Gasteiger partial charge on any atom is 0.290 e. The molecule has 1 N–H and O–H groups in total. The summed E-state index contributed by atoms with van der Waals surface area (Å²) in [7, 11) is 3.26. The number of carbonyl (C=O) groups excluding carboxylic acids is 1. The number of aromatic nitrogens is 6. The quantitative estimate of drug-likeness (QED) is 0.555. The molecular formula is C17H19N7O5. The third-order valence-corrected chi connectivity index (χ3v) is 4.45. The summed E-state index contributed by atoms with van der Waals surface area (Å²) in [4.78, 5) is 35.4. The Kier molecular flexibility index (Phi) is 5.93. The lowest BCUT2D eigenvalue weighted by Crippen LogP contribution is -2.43. The maximum atomic E-state index is 13.1. The van der Waals surface area contributed by atoms with Crippen molar-refractivity contribution in [2.75, 3.05) is 19.7 Å². The number of morpholine rings is 1. The van der Waals surface area contributed by atoms with Gasteiger partial charge in [-0.15, -0.1) is 5.10 Å². The maximum absolute atomic E-state index is 13.1. The number of aryl methyl sites for hydroxylation is 2. The zero-order chi connectivity index (χ0) is 21.0. The molecule has 12 heteroatoms. The summed E-state index contributed by atoms with van der Waals surface area (Å²) < 4.78 is 8.44. The van der Waals surface area contributed by atoms with Crippen molar-refractivity contribution in [1.82, 2.24) is 34.9 Å². The summed E-state index contributed by atoms with van der Waals surface area (Å²) in [6, 6.07) is 6.99. The van der Waals surface area contributed by atoms with Crippen LogP contribution in [-0.2, 0) is 23.6 Å². The van der Waals surface area contributed by atoms with Gasteiger partial charge in [0.1, 0.15) is 6.10 Å². The van der Waals surface area contributed by atoms with Crippen LogP contribution in [-0.4, -0.2) is 72.1 Å². The standard InChI is InChI=1S/C16H17N7O3.CH2O2/c1-21-14(17-19-20-21)12-9-23(7-8-26-12)16(25)13-10-5-3-4-6-11(10)15(24)22(2)18-13;2-1-3/h3-6,12H,7-9H2,1-2H3;1H,(H,2,3). The summed E-state index contributed by atoms with van der Waals surface area (Å²) >= 11 is 0. The van der Waals surface area contributed by atoms with Crippen LogP contribution in [0.4, 0.5) is 0 Å². The Bertz CT molecular complexity index is 1090. The monoisotopic (exact) mass is 401 g/mol. The average Bonchev–Trinajstić information content (AvgIpc) is 3.17. The van der Waals surface area contributed by atoms with Crippen molar-refractivity contribution in [3.8, 4) is 0 Å². The molecule has 1 fully saturated rings. The molecule has 29 heavy (non-hydrogen) atoms. The number of hydrogen-bond donors (Lipinski definition) is 1. The molecule has 12 nitrogen and oxygen atoms in total. The Morgan fingerprint density at radius 2 is 1.93 bits per heavy atom. The summed E-state index contributed by atoms with van der Waals surface area (Å²) in [5, 5.41) is 23.5. The summed E-state index contributed by atoms with van der Waals surface area (Å²) in [5.74, 6) is 0.306. The zero-order valence-corrected chi connectivity index (χ0v) is 15.8. The van der Waals surface area contributed by atoms with Crippen molar-refractivity contribution >= 4 is 23.2 Å². The fraction of sp³-hybridized carbons (Fsp3) is 0.353. The van der Waals surface area contributed by atoms with Crippen molar-refractivity contribution in [3.63, 3.8) is 0 Å². The molecule has 0 bridgehead atoms. The first-order chi connectivity index (χ1) is 14.0. The molecule has 1 unspecified atom stereocenters. The molecule has 1 atom stereocenters. The Morgan fingerprint density at radius 3 is 2.59 bits per heavy atom. The number of nitrogens with zero attached hydrogens (tertiary/aromatic N) is 7. The molecule has 1 aliphatic rings. The molecule has 3 heterocycles. The third kappa shape index (κ3) is 3.96. The smallest absolute Gasteiger partial charge is 0.290 e. The number of carboxylic acid groups (broad SMARTS) is 1. The molecule has 3 aromatic rings. The summed E-state index contributed by atoms with van der Waals surface area (Å²) in [6.45, 7) is 0.859. The highest BCUT2D eigenvalue weighted by Gasteiger charge is 2.31. The largest absolute Gasteiger partial charge is 0.483 e. The van der Waals surface area contributed by atoms with Gasteiger partial charge in [-0.3, -0.25) is 14.4 Å². The number of amides is 1. The van der Waals surface area contributed by atoms with Crippen LogP contribution in [0.3, 0.4) is 0 Å². The van der Waals surface area contributed by atoms with Crippen LogP contribution < -0.4 is 5.56 Å². The Labute approximate surface area is 164 Å². The van der Waals surface area contributed by atoms with E-state index in [-0.39, 0.29) is 23.6 Å². The number of ether oxygens (including phenoxy) is 1. The minimum absolute atomic E-state index is 0.234. The number of benzene rings is 1. The molecule has 1 amide bonds. The van der Waals surface area contributed by atoms with E-state index < -0.39 is 6.10 Å². The van der Waals surface area contributed by atoms with Gasteiger partial charge in [-0.2, -0.15) is 5.10 Å². The minimum atomic E-state index is -0.411. The van der Waals surface area contributed by atoms with Gasteiger partial charge in [0.25, 0.3) is 17.9 Å². The number of rotatable bonds is 2. The van der Waals surface area contributed by atoms with E-state index in [2.05, 4.69) is 20.6 Å². The van der Waals surface area contributed by atoms with Gasteiger partial charge in [-0.05, 0) is 16.5 Å². The Hall–Kier alpha value is -3.67. The minimum Gasteiger partial charge on any atom is -0.483 e. The second kappa shape index (κ2) is 8.56. The van der Waals surface area contributed by atoms with Gasteiger partial charge < -0.3 is 14.7 Å². The highest BCUT2D eigenvalue weighted by Crippen LogP contribution is 2.22. The van der Waals surface area contributed by atoms with Crippen molar-refractivity contribution in [2.24, 2.45) is 14.1 Å². The van der Waals surface area contributed by atoms with Crippen LogP contribution >= 0.6 is 0 Å².